The minimum Gasteiger partial charge on any atom is -0.481 e. The molecular weight excluding hydrogens is 411 g/mol. The third-order valence-electron chi connectivity index (χ3n) is 5.19. The zero-order valence-corrected chi connectivity index (χ0v) is 18.2. The number of hydrogen-bond donors (Lipinski definition) is 1. The Bertz CT molecular complexity index is 1300. The first-order valence-corrected chi connectivity index (χ1v) is 10.1. The standard InChI is InChI=1S/C24H23FN4O3/c1-14-5-7-18(11-15(14)2)32-16(3)24(30)27-20-12-17(6-8-19(20)25)21-13-29-22(26-21)9-10-23(28-29)31-4/h5-13,16H,1-4H3,(H,27,30). The second kappa shape index (κ2) is 8.66. The van der Waals surface area contributed by atoms with Gasteiger partial charge in [-0.2, -0.15) is 0 Å². The van der Waals surface area contributed by atoms with Crippen LogP contribution in [0, 0.1) is 19.7 Å². The van der Waals surface area contributed by atoms with Crippen molar-refractivity contribution >= 4 is 17.2 Å². The van der Waals surface area contributed by atoms with Crippen LogP contribution in [0.4, 0.5) is 10.1 Å². The summed E-state index contributed by atoms with van der Waals surface area (Å²) in [4.78, 5) is 17.1. The fourth-order valence-corrected chi connectivity index (χ4v) is 3.17. The lowest BCUT2D eigenvalue weighted by atomic mass is 10.1. The number of benzene rings is 2. The van der Waals surface area contributed by atoms with Crippen molar-refractivity contribution in [2.75, 3.05) is 12.4 Å². The first-order valence-electron chi connectivity index (χ1n) is 10.1. The average Bonchev–Trinajstić information content (AvgIpc) is 3.21. The molecule has 0 saturated heterocycles. The van der Waals surface area contributed by atoms with E-state index in [2.05, 4.69) is 15.4 Å². The van der Waals surface area contributed by atoms with Gasteiger partial charge in [0.25, 0.3) is 5.91 Å². The SMILES string of the molecule is COc1ccc2nc(-c3ccc(F)c(NC(=O)C(C)Oc4ccc(C)c(C)c4)c3)cn2n1. The van der Waals surface area contributed by atoms with Gasteiger partial charge in [0.05, 0.1) is 24.7 Å². The number of carbonyl (C=O) groups excluding carboxylic acids is 1. The molecule has 4 aromatic rings. The molecule has 0 fully saturated rings. The summed E-state index contributed by atoms with van der Waals surface area (Å²) in [7, 11) is 1.53. The zero-order valence-electron chi connectivity index (χ0n) is 18.2. The number of aromatic nitrogens is 3. The van der Waals surface area contributed by atoms with Crippen molar-refractivity contribution in [1.82, 2.24) is 14.6 Å². The number of nitrogens with zero attached hydrogens (tertiary/aromatic N) is 3. The highest BCUT2D eigenvalue weighted by atomic mass is 19.1. The molecule has 1 amide bonds. The van der Waals surface area contributed by atoms with Gasteiger partial charge in [-0.25, -0.2) is 13.9 Å². The Kier molecular flexibility index (Phi) is 5.77. The molecule has 0 aliphatic rings. The average molecular weight is 434 g/mol. The molecule has 0 bridgehead atoms. The highest BCUT2D eigenvalue weighted by Crippen LogP contribution is 2.26. The molecule has 2 heterocycles. The number of methoxy groups -OCH3 is 1. The van der Waals surface area contributed by atoms with Gasteiger partial charge in [-0.15, -0.1) is 5.10 Å². The van der Waals surface area contributed by atoms with Crippen LogP contribution in [-0.2, 0) is 4.79 Å². The summed E-state index contributed by atoms with van der Waals surface area (Å²) in [5.41, 5.74) is 4.08. The van der Waals surface area contributed by atoms with Crippen LogP contribution in [0.15, 0.2) is 54.7 Å². The number of imidazole rings is 1. The summed E-state index contributed by atoms with van der Waals surface area (Å²) < 4.78 is 26.9. The lowest BCUT2D eigenvalue weighted by Gasteiger charge is -2.16. The lowest BCUT2D eigenvalue weighted by Crippen LogP contribution is -2.30. The number of rotatable bonds is 6. The van der Waals surface area contributed by atoms with Crippen LogP contribution in [0.2, 0.25) is 0 Å². The molecule has 2 aromatic heterocycles. The maximum Gasteiger partial charge on any atom is 0.265 e. The van der Waals surface area contributed by atoms with Gasteiger partial charge >= 0.3 is 0 Å². The molecule has 2 aromatic carbocycles. The van der Waals surface area contributed by atoms with Crippen LogP contribution in [0.3, 0.4) is 0 Å². The highest BCUT2D eigenvalue weighted by Gasteiger charge is 2.18. The zero-order chi connectivity index (χ0) is 22.8. The number of halogens is 1. The third kappa shape index (κ3) is 4.39. The molecule has 7 nitrogen and oxygen atoms in total. The second-order valence-electron chi connectivity index (χ2n) is 7.49. The minimum atomic E-state index is -0.813. The number of nitrogens with one attached hydrogen (secondary N) is 1. The van der Waals surface area contributed by atoms with Crippen molar-refractivity contribution in [2.45, 2.75) is 26.9 Å². The molecule has 1 atom stereocenters. The Balaban J connectivity index is 1.53. The van der Waals surface area contributed by atoms with Crippen LogP contribution >= 0.6 is 0 Å². The Hall–Kier alpha value is -3.94. The smallest absolute Gasteiger partial charge is 0.265 e. The number of aryl methyl sites for hydroxylation is 2. The first-order chi connectivity index (χ1) is 15.3. The van der Waals surface area contributed by atoms with E-state index in [1.54, 1.807) is 41.9 Å². The number of amides is 1. The second-order valence-corrected chi connectivity index (χ2v) is 7.49. The first kappa shape index (κ1) is 21.3. The molecule has 32 heavy (non-hydrogen) atoms. The summed E-state index contributed by atoms with van der Waals surface area (Å²) in [5, 5.41) is 6.88. The van der Waals surface area contributed by atoms with Gasteiger partial charge < -0.3 is 14.8 Å². The predicted molar refractivity (Wildman–Crippen MR) is 120 cm³/mol. The fourth-order valence-electron chi connectivity index (χ4n) is 3.17. The number of ether oxygens (including phenoxy) is 2. The number of fused-ring (bicyclic) bond motifs is 1. The minimum absolute atomic E-state index is 0.0469. The number of hydrogen-bond acceptors (Lipinski definition) is 5. The highest BCUT2D eigenvalue weighted by molar-refractivity contribution is 5.94. The van der Waals surface area contributed by atoms with Gasteiger partial charge in [-0.3, -0.25) is 4.79 Å². The van der Waals surface area contributed by atoms with Crippen molar-refractivity contribution in [1.29, 1.82) is 0 Å². The Morgan fingerprint density at radius 1 is 1.09 bits per heavy atom. The monoisotopic (exact) mass is 434 g/mol. The molecule has 164 valence electrons. The molecule has 1 unspecified atom stereocenters. The van der Waals surface area contributed by atoms with Crippen LogP contribution in [-0.4, -0.2) is 33.7 Å². The summed E-state index contributed by atoms with van der Waals surface area (Å²) >= 11 is 0. The van der Waals surface area contributed by atoms with Gasteiger partial charge in [0.1, 0.15) is 11.6 Å². The lowest BCUT2D eigenvalue weighted by molar-refractivity contribution is -0.122. The predicted octanol–water partition coefficient (Wildman–Crippen LogP) is 4.57. The molecule has 0 aliphatic carbocycles. The number of carbonyl (C=O) groups is 1. The van der Waals surface area contributed by atoms with E-state index in [1.165, 1.54) is 19.2 Å². The van der Waals surface area contributed by atoms with Gasteiger partial charge in [0.15, 0.2) is 11.8 Å². The molecule has 0 spiro atoms. The summed E-state index contributed by atoms with van der Waals surface area (Å²) in [6, 6.07) is 13.5. The van der Waals surface area contributed by atoms with Crippen LogP contribution in [0.5, 0.6) is 11.6 Å². The van der Waals surface area contributed by atoms with E-state index >= 15 is 0 Å². The quantitative estimate of drug-likeness (QED) is 0.481. The maximum atomic E-state index is 14.4. The van der Waals surface area contributed by atoms with E-state index in [1.807, 2.05) is 26.0 Å². The van der Waals surface area contributed by atoms with Gasteiger partial charge in [0.2, 0.25) is 5.88 Å². The molecule has 0 radical (unpaired) electrons. The summed E-state index contributed by atoms with van der Waals surface area (Å²) in [5.74, 6) is 0.0218. The van der Waals surface area contributed by atoms with Crippen LogP contribution < -0.4 is 14.8 Å². The van der Waals surface area contributed by atoms with Gasteiger partial charge in [0, 0.05) is 11.6 Å². The van der Waals surface area contributed by atoms with Gasteiger partial charge in [-0.1, -0.05) is 6.07 Å². The topological polar surface area (TPSA) is 77.8 Å². The van der Waals surface area contributed by atoms with Crippen molar-refractivity contribution in [3.05, 3.63) is 71.7 Å². The van der Waals surface area contributed by atoms with E-state index in [-0.39, 0.29) is 5.69 Å². The van der Waals surface area contributed by atoms with Crippen molar-refractivity contribution in [3.8, 4) is 22.9 Å². The molecule has 4 rings (SSSR count). The molecule has 1 N–H and O–H groups in total. The number of anilines is 1. The molecule has 8 heteroatoms. The van der Waals surface area contributed by atoms with Crippen molar-refractivity contribution < 1.29 is 18.7 Å². The van der Waals surface area contributed by atoms with Crippen molar-refractivity contribution in [2.24, 2.45) is 0 Å². The van der Waals surface area contributed by atoms with E-state index < -0.39 is 17.8 Å². The van der Waals surface area contributed by atoms with E-state index in [0.717, 1.165) is 11.1 Å². The normalized spacial score (nSPS) is 11.9. The Labute approximate surface area is 184 Å². The molecule has 0 saturated carbocycles. The Morgan fingerprint density at radius 3 is 2.66 bits per heavy atom. The molecule has 0 aliphatic heterocycles. The van der Waals surface area contributed by atoms with Crippen LogP contribution in [0.1, 0.15) is 18.1 Å². The molecular formula is C24H23FN4O3. The largest absolute Gasteiger partial charge is 0.481 e. The fraction of sp³-hybridized carbons (Fsp3) is 0.208. The summed E-state index contributed by atoms with van der Waals surface area (Å²) in [6.07, 6.45) is 0.898. The van der Waals surface area contributed by atoms with E-state index in [9.17, 15) is 9.18 Å². The third-order valence-corrected chi connectivity index (χ3v) is 5.19. The summed E-state index contributed by atoms with van der Waals surface area (Å²) in [6.45, 7) is 5.59. The Morgan fingerprint density at radius 2 is 1.91 bits per heavy atom. The van der Waals surface area contributed by atoms with E-state index in [4.69, 9.17) is 9.47 Å². The van der Waals surface area contributed by atoms with Crippen LogP contribution in [0.25, 0.3) is 16.9 Å². The van der Waals surface area contributed by atoms with Crippen molar-refractivity contribution in [3.63, 3.8) is 0 Å². The maximum absolute atomic E-state index is 14.4. The van der Waals surface area contributed by atoms with Gasteiger partial charge in [-0.05, 0) is 68.3 Å². The van der Waals surface area contributed by atoms with E-state index in [0.29, 0.717) is 28.5 Å².